The number of amides is 1. The number of nitrogens with one attached hydrogen (secondary N) is 1. The summed E-state index contributed by atoms with van der Waals surface area (Å²) in [6, 6.07) is 10.3. The number of hydrogen-bond acceptors (Lipinski definition) is 6. The van der Waals surface area contributed by atoms with Crippen LogP contribution >= 0.6 is 11.6 Å². The SMILES string of the molecule is O=C(c1ccc(Cl)c(S(=O)(=O)NC2CC2)c1)N1CCN(Cc2ccc3c(c2)OCO3)CC1. The number of sulfonamides is 1. The molecule has 0 spiro atoms. The minimum Gasteiger partial charge on any atom is -0.454 e. The molecule has 0 bridgehead atoms. The van der Waals surface area contributed by atoms with E-state index in [-0.39, 0.29) is 28.7 Å². The molecular weight excluding hydrogens is 454 g/mol. The predicted molar refractivity (Wildman–Crippen MR) is 119 cm³/mol. The third-order valence-corrected chi connectivity index (χ3v) is 7.87. The number of halogens is 1. The van der Waals surface area contributed by atoms with Gasteiger partial charge in [0.2, 0.25) is 16.8 Å². The van der Waals surface area contributed by atoms with Crippen LogP contribution in [0.5, 0.6) is 11.5 Å². The number of nitrogens with zero attached hydrogens (tertiary/aromatic N) is 2. The Hall–Kier alpha value is -2.33. The van der Waals surface area contributed by atoms with Crippen molar-refractivity contribution < 1.29 is 22.7 Å². The number of rotatable bonds is 6. The summed E-state index contributed by atoms with van der Waals surface area (Å²) >= 11 is 6.14. The van der Waals surface area contributed by atoms with E-state index in [2.05, 4.69) is 9.62 Å². The van der Waals surface area contributed by atoms with Crippen LogP contribution in [0.4, 0.5) is 0 Å². The van der Waals surface area contributed by atoms with Gasteiger partial charge in [0.05, 0.1) is 5.02 Å². The summed E-state index contributed by atoms with van der Waals surface area (Å²) < 4.78 is 38.6. The number of hydrogen-bond donors (Lipinski definition) is 1. The zero-order valence-electron chi connectivity index (χ0n) is 17.4. The Labute approximate surface area is 192 Å². The molecule has 0 radical (unpaired) electrons. The lowest BCUT2D eigenvalue weighted by atomic mass is 10.1. The van der Waals surface area contributed by atoms with Crippen LogP contribution in [0.2, 0.25) is 5.02 Å². The Morgan fingerprint density at radius 3 is 2.53 bits per heavy atom. The van der Waals surface area contributed by atoms with E-state index in [4.69, 9.17) is 21.1 Å². The molecule has 1 aliphatic carbocycles. The Balaban J connectivity index is 1.22. The zero-order valence-corrected chi connectivity index (χ0v) is 19.0. The van der Waals surface area contributed by atoms with Crippen LogP contribution in [0.1, 0.15) is 28.8 Å². The molecule has 2 heterocycles. The van der Waals surface area contributed by atoms with Crippen LogP contribution in [0.15, 0.2) is 41.3 Å². The highest BCUT2D eigenvalue weighted by Crippen LogP contribution is 2.33. The fraction of sp³-hybridized carbons (Fsp3) is 0.409. The highest BCUT2D eigenvalue weighted by atomic mass is 35.5. The summed E-state index contributed by atoms with van der Waals surface area (Å²) in [5.41, 5.74) is 1.46. The van der Waals surface area contributed by atoms with Crippen molar-refractivity contribution in [1.82, 2.24) is 14.5 Å². The summed E-state index contributed by atoms with van der Waals surface area (Å²) in [6.45, 7) is 3.59. The minimum absolute atomic E-state index is 0.0340. The Morgan fingerprint density at radius 2 is 1.78 bits per heavy atom. The molecule has 3 aliphatic rings. The van der Waals surface area contributed by atoms with Crippen LogP contribution in [0, 0.1) is 0 Å². The second-order valence-corrected chi connectivity index (χ2v) is 10.4. The van der Waals surface area contributed by atoms with Crippen LogP contribution in [-0.4, -0.2) is 63.1 Å². The van der Waals surface area contributed by atoms with Crippen molar-refractivity contribution in [2.45, 2.75) is 30.3 Å². The molecule has 2 aliphatic heterocycles. The summed E-state index contributed by atoms with van der Waals surface area (Å²) in [6.07, 6.45) is 1.65. The first-order valence-corrected chi connectivity index (χ1v) is 12.5. The van der Waals surface area contributed by atoms with Gasteiger partial charge in [-0.1, -0.05) is 17.7 Å². The first-order chi connectivity index (χ1) is 15.4. The van der Waals surface area contributed by atoms with E-state index in [0.717, 1.165) is 49.5 Å². The molecule has 0 atom stereocenters. The second-order valence-electron chi connectivity index (χ2n) is 8.30. The van der Waals surface area contributed by atoms with E-state index in [0.29, 0.717) is 18.7 Å². The van der Waals surface area contributed by atoms with Gasteiger partial charge in [0.25, 0.3) is 5.91 Å². The Bertz CT molecular complexity index is 1140. The number of carbonyl (C=O) groups excluding carboxylic acids is 1. The van der Waals surface area contributed by atoms with Crippen molar-refractivity contribution in [3.05, 3.63) is 52.5 Å². The average molecular weight is 478 g/mol. The van der Waals surface area contributed by atoms with Gasteiger partial charge in [0.15, 0.2) is 11.5 Å². The van der Waals surface area contributed by atoms with Gasteiger partial charge in [0.1, 0.15) is 4.90 Å². The van der Waals surface area contributed by atoms with Gasteiger partial charge >= 0.3 is 0 Å². The molecule has 0 aromatic heterocycles. The number of piperazine rings is 1. The van der Waals surface area contributed by atoms with E-state index >= 15 is 0 Å². The van der Waals surface area contributed by atoms with Crippen molar-refractivity contribution in [2.75, 3.05) is 33.0 Å². The molecular formula is C22H24ClN3O5S. The molecule has 0 unspecified atom stereocenters. The molecule has 2 fully saturated rings. The van der Waals surface area contributed by atoms with Crippen LogP contribution < -0.4 is 14.2 Å². The van der Waals surface area contributed by atoms with Gasteiger partial charge < -0.3 is 14.4 Å². The monoisotopic (exact) mass is 477 g/mol. The smallest absolute Gasteiger partial charge is 0.253 e. The fourth-order valence-corrected chi connectivity index (χ4v) is 5.75. The topological polar surface area (TPSA) is 88.2 Å². The second kappa shape index (κ2) is 8.55. The van der Waals surface area contributed by atoms with Gasteiger partial charge in [-0.05, 0) is 48.7 Å². The highest BCUT2D eigenvalue weighted by Gasteiger charge is 2.30. The lowest BCUT2D eigenvalue weighted by molar-refractivity contribution is 0.0628. The van der Waals surface area contributed by atoms with E-state index in [1.165, 1.54) is 12.1 Å². The number of carbonyl (C=O) groups is 1. The summed E-state index contributed by atoms with van der Waals surface area (Å²) in [5.74, 6) is 1.34. The van der Waals surface area contributed by atoms with Crippen LogP contribution in [0.25, 0.3) is 0 Å². The van der Waals surface area contributed by atoms with E-state index in [1.54, 1.807) is 11.0 Å². The molecule has 1 saturated carbocycles. The molecule has 5 rings (SSSR count). The molecule has 2 aromatic carbocycles. The molecule has 10 heteroatoms. The lowest BCUT2D eigenvalue weighted by Gasteiger charge is -2.35. The number of benzene rings is 2. The molecule has 32 heavy (non-hydrogen) atoms. The quantitative estimate of drug-likeness (QED) is 0.687. The van der Waals surface area contributed by atoms with Crippen LogP contribution in [0.3, 0.4) is 0 Å². The summed E-state index contributed by atoms with van der Waals surface area (Å²) in [4.78, 5) is 17.0. The Kier molecular flexibility index (Phi) is 5.75. The average Bonchev–Trinajstić information content (AvgIpc) is 3.46. The van der Waals surface area contributed by atoms with Crippen LogP contribution in [-0.2, 0) is 16.6 Å². The van der Waals surface area contributed by atoms with E-state index < -0.39 is 10.0 Å². The first kappa shape index (κ1) is 21.5. The molecule has 2 aromatic rings. The normalized spacial score (nSPS) is 18.7. The maximum absolute atomic E-state index is 13.0. The van der Waals surface area contributed by atoms with Crippen molar-refractivity contribution in [3.8, 4) is 11.5 Å². The van der Waals surface area contributed by atoms with Crippen molar-refractivity contribution in [2.24, 2.45) is 0 Å². The number of ether oxygens (including phenoxy) is 2. The van der Waals surface area contributed by atoms with Gasteiger partial charge in [-0.25, -0.2) is 13.1 Å². The molecule has 1 N–H and O–H groups in total. The Morgan fingerprint density at radius 1 is 1.03 bits per heavy atom. The van der Waals surface area contributed by atoms with Crippen molar-refractivity contribution >= 4 is 27.5 Å². The van der Waals surface area contributed by atoms with Gasteiger partial charge in [-0.15, -0.1) is 0 Å². The van der Waals surface area contributed by atoms with Gasteiger partial charge in [0, 0.05) is 44.3 Å². The largest absolute Gasteiger partial charge is 0.454 e. The molecule has 170 valence electrons. The fourth-order valence-electron chi connectivity index (χ4n) is 3.92. The third kappa shape index (κ3) is 4.56. The molecule has 1 amide bonds. The maximum Gasteiger partial charge on any atom is 0.253 e. The van der Waals surface area contributed by atoms with Gasteiger partial charge in [-0.3, -0.25) is 9.69 Å². The van der Waals surface area contributed by atoms with E-state index in [9.17, 15) is 13.2 Å². The van der Waals surface area contributed by atoms with Crippen molar-refractivity contribution in [3.63, 3.8) is 0 Å². The maximum atomic E-state index is 13.0. The molecule has 1 saturated heterocycles. The molecule has 8 nitrogen and oxygen atoms in total. The predicted octanol–water partition coefficient (Wildman–Crippen LogP) is 2.47. The van der Waals surface area contributed by atoms with Gasteiger partial charge in [-0.2, -0.15) is 0 Å². The zero-order chi connectivity index (χ0) is 22.3. The standard InChI is InChI=1S/C22H24ClN3O5S/c23-18-5-2-16(12-21(18)32(28,29)24-17-3-4-17)22(27)26-9-7-25(8-10-26)13-15-1-6-19-20(11-15)31-14-30-19/h1-2,5-6,11-12,17,24H,3-4,7-10,13-14H2. The first-order valence-electron chi connectivity index (χ1n) is 10.6. The minimum atomic E-state index is -3.74. The third-order valence-electron chi connectivity index (χ3n) is 5.87. The highest BCUT2D eigenvalue weighted by molar-refractivity contribution is 7.89. The van der Waals surface area contributed by atoms with Crippen molar-refractivity contribution in [1.29, 1.82) is 0 Å². The summed E-state index contributed by atoms with van der Waals surface area (Å²) in [7, 11) is -3.74. The lowest BCUT2D eigenvalue weighted by Crippen LogP contribution is -2.48. The van der Waals surface area contributed by atoms with E-state index in [1.807, 2.05) is 18.2 Å². The summed E-state index contributed by atoms with van der Waals surface area (Å²) in [5, 5.41) is 0.114. The number of fused-ring (bicyclic) bond motifs is 1.